The van der Waals surface area contributed by atoms with Gasteiger partial charge in [0.15, 0.2) is 0 Å². The molecule has 4 nitrogen and oxygen atoms in total. The molecular weight excluding hydrogens is 284 g/mol. The number of benzene rings is 1. The third-order valence-electron chi connectivity index (χ3n) is 2.56. The molecule has 2 N–H and O–H groups in total. The predicted molar refractivity (Wildman–Crippen MR) is 67.7 cm³/mol. The lowest BCUT2D eigenvalue weighted by molar-refractivity contribution is 0.179. The largest absolute Gasteiger partial charge is 0.496 e. The van der Waals surface area contributed by atoms with Gasteiger partial charge in [0.1, 0.15) is 11.9 Å². The fourth-order valence-electron chi connectivity index (χ4n) is 1.69. The molecule has 0 radical (unpaired) electrons. The maximum atomic E-state index is 9.72. The maximum absolute atomic E-state index is 9.72. The summed E-state index contributed by atoms with van der Waals surface area (Å²) in [6, 6.07) is 7.53. The molecule has 2 rings (SSSR count). The molecule has 5 heteroatoms. The molecule has 1 aromatic carbocycles. The Hall–Kier alpha value is -1.51. The number of aromatic nitrogens is 1. The molecule has 0 aliphatic rings. The first kappa shape index (κ1) is 12.0. The monoisotopic (exact) mass is 294 g/mol. The number of nitrogens with zero attached hydrogens (tertiary/aromatic N) is 1. The molecule has 0 aliphatic heterocycles. The number of methoxy groups -OCH3 is 1. The van der Waals surface area contributed by atoms with Gasteiger partial charge in [-0.2, -0.15) is 5.26 Å². The molecule has 0 bridgehead atoms. The second-order valence-corrected chi connectivity index (χ2v) is 4.53. The Balaban J connectivity index is 2.47. The van der Waals surface area contributed by atoms with Crippen LogP contribution in [-0.2, 0) is 0 Å². The lowest BCUT2D eigenvalue weighted by atomic mass is 10.2. The van der Waals surface area contributed by atoms with Gasteiger partial charge in [-0.25, -0.2) is 0 Å². The molecule has 1 atom stereocenters. The summed E-state index contributed by atoms with van der Waals surface area (Å²) in [5.41, 5.74) is 1.53. The van der Waals surface area contributed by atoms with Gasteiger partial charge in [0.2, 0.25) is 0 Å². The van der Waals surface area contributed by atoms with Gasteiger partial charge in [-0.1, -0.05) is 0 Å². The minimum absolute atomic E-state index is 0.0745. The summed E-state index contributed by atoms with van der Waals surface area (Å²) in [7, 11) is 1.60. The Morgan fingerprint density at radius 3 is 2.94 bits per heavy atom. The number of fused-ring (bicyclic) bond motifs is 1. The van der Waals surface area contributed by atoms with E-state index in [9.17, 15) is 5.11 Å². The maximum Gasteiger partial charge on any atom is 0.133 e. The van der Waals surface area contributed by atoms with E-state index in [-0.39, 0.29) is 6.42 Å². The van der Waals surface area contributed by atoms with Crippen molar-refractivity contribution in [1.82, 2.24) is 4.98 Å². The molecule has 0 amide bonds. The van der Waals surface area contributed by atoms with Gasteiger partial charge >= 0.3 is 0 Å². The van der Waals surface area contributed by atoms with E-state index >= 15 is 0 Å². The SMILES string of the molecule is COc1cc2cc(C(O)CC#N)[nH]c2cc1Br. The molecule has 0 saturated carbocycles. The molecule has 17 heavy (non-hydrogen) atoms. The first-order valence-corrected chi connectivity index (χ1v) is 5.86. The Morgan fingerprint density at radius 1 is 1.53 bits per heavy atom. The minimum Gasteiger partial charge on any atom is -0.496 e. The normalized spacial score (nSPS) is 12.4. The van der Waals surface area contributed by atoms with Crippen LogP contribution in [0.5, 0.6) is 5.75 Å². The highest BCUT2D eigenvalue weighted by Crippen LogP contribution is 2.31. The number of aliphatic hydroxyl groups excluding tert-OH is 1. The van der Waals surface area contributed by atoms with Crippen molar-refractivity contribution in [2.45, 2.75) is 12.5 Å². The summed E-state index contributed by atoms with van der Waals surface area (Å²) in [5.74, 6) is 0.734. The fourth-order valence-corrected chi connectivity index (χ4v) is 2.19. The first-order chi connectivity index (χ1) is 8.15. The zero-order valence-corrected chi connectivity index (χ0v) is 10.8. The zero-order chi connectivity index (χ0) is 12.4. The number of nitriles is 1. The Morgan fingerprint density at radius 2 is 2.29 bits per heavy atom. The lowest BCUT2D eigenvalue weighted by Crippen LogP contribution is -1.95. The van der Waals surface area contributed by atoms with Crippen LogP contribution in [0.15, 0.2) is 22.7 Å². The number of rotatable bonds is 3. The van der Waals surface area contributed by atoms with E-state index < -0.39 is 6.10 Å². The number of hydrogen-bond acceptors (Lipinski definition) is 3. The molecule has 2 aromatic rings. The number of H-pyrrole nitrogens is 1. The Labute approximate surface area is 107 Å². The van der Waals surface area contributed by atoms with Crippen LogP contribution < -0.4 is 4.74 Å². The standard InChI is InChI=1S/C12H11BrN2O2/c1-17-12-5-7-4-10(11(16)2-3-14)15-9(7)6-8(12)13/h4-6,11,15-16H,2H2,1H3. The van der Waals surface area contributed by atoms with E-state index in [1.54, 1.807) is 7.11 Å². The molecule has 0 saturated heterocycles. The number of hydrogen-bond donors (Lipinski definition) is 2. The van der Waals surface area contributed by atoms with E-state index in [0.717, 1.165) is 21.1 Å². The van der Waals surface area contributed by atoms with Crippen LogP contribution in [0.3, 0.4) is 0 Å². The molecular formula is C12H11BrN2O2. The van der Waals surface area contributed by atoms with Crippen molar-refractivity contribution >= 4 is 26.8 Å². The average molecular weight is 295 g/mol. The smallest absolute Gasteiger partial charge is 0.133 e. The predicted octanol–water partition coefficient (Wildman–Crippen LogP) is 2.89. The average Bonchev–Trinajstić information content (AvgIpc) is 2.71. The van der Waals surface area contributed by atoms with Crippen LogP contribution in [0.2, 0.25) is 0 Å². The number of ether oxygens (including phenoxy) is 1. The highest BCUT2D eigenvalue weighted by atomic mass is 79.9. The number of aromatic amines is 1. The number of halogens is 1. The molecule has 88 valence electrons. The van der Waals surface area contributed by atoms with E-state index in [1.165, 1.54) is 0 Å². The van der Waals surface area contributed by atoms with Gasteiger partial charge in [0, 0.05) is 16.6 Å². The van der Waals surface area contributed by atoms with Gasteiger partial charge in [-0.3, -0.25) is 0 Å². The van der Waals surface area contributed by atoms with Crippen LogP contribution in [0.4, 0.5) is 0 Å². The molecule has 1 heterocycles. The van der Waals surface area contributed by atoms with Crippen LogP contribution in [-0.4, -0.2) is 17.2 Å². The van der Waals surface area contributed by atoms with Crippen LogP contribution in [0.25, 0.3) is 10.9 Å². The topological polar surface area (TPSA) is 69.0 Å². The van der Waals surface area contributed by atoms with Gasteiger partial charge in [0.05, 0.1) is 24.1 Å². The highest BCUT2D eigenvalue weighted by molar-refractivity contribution is 9.10. The van der Waals surface area contributed by atoms with Crippen LogP contribution >= 0.6 is 15.9 Å². The van der Waals surface area contributed by atoms with Crippen molar-refractivity contribution in [1.29, 1.82) is 5.26 Å². The second kappa shape index (κ2) is 4.78. The van der Waals surface area contributed by atoms with Gasteiger partial charge in [-0.05, 0) is 34.1 Å². The van der Waals surface area contributed by atoms with Crippen molar-refractivity contribution < 1.29 is 9.84 Å². The lowest BCUT2D eigenvalue weighted by Gasteiger charge is -2.02. The third-order valence-corrected chi connectivity index (χ3v) is 3.18. The van der Waals surface area contributed by atoms with E-state index in [4.69, 9.17) is 10.00 Å². The summed E-state index contributed by atoms with van der Waals surface area (Å²) in [6.45, 7) is 0. The van der Waals surface area contributed by atoms with Gasteiger partial charge in [0.25, 0.3) is 0 Å². The Kier molecular flexibility index (Phi) is 3.36. The third kappa shape index (κ3) is 2.28. The molecule has 1 unspecified atom stereocenters. The van der Waals surface area contributed by atoms with Crippen molar-refractivity contribution in [3.63, 3.8) is 0 Å². The van der Waals surface area contributed by atoms with Crippen LogP contribution in [0, 0.1) is 11.3 Å². The second-order valence-electron chi connectivity index (χ2n) is 3.68. The van der Waals surface area contributed by atoms with Crippen molar-refractivity contribution in [2.75, 3.05) is 7.11 Å². The number of nitrogens with one attached hydrogen (secondary N) is 1. The fraction of sp³-hybridized carbons (Fsp3) is 0.250. The van der Waals surface area contributed by atoms with Crippen LogP contribution in [0.1, 0.15) is 18.2 Å². The highest BCUT2D eigenvalue weighted by Gasteiger charge is 2.12. The van der Waals surface area contributed by atoms with E-state index in [2.05, 4.69) is 20.9 Å². The van der Waals surface area contributed by atoms with Crippen molar-refractivity contribution in [2.24, 2.45) is 0 Å². The minimum atomic E-state index is -0.780. The van der Waals surface area contributed by atoms with Gasteiger partial charge < -0.3 is 14.8 Å². The summed E-state index contributed by atoms with van der Waals surface area (Å²) in [4.78, 5) is 3.09. The molecule has 0 aliphatic carbocycles. The van der Waals surface area contributed by atoms with Crippen molar-refractivity contribution in [3.8, 4) is 11.8 Å². The van der Waals surface area contributed by atoms with Crippen molar-refractivity contribution in [3.05, 3.63) is 28.4 Å². The quantitative estimate of drug-likeness (QED) is 0.914. The first-order valence-electron chi connectivity index (χ1n) is 5.07. The summed E-state index contributed by atoms with van der Waals surface area (Å²) in [6.07, 6.45) is -0.706. The number of aliphatic hydroxyl groups is 1. The van der Waals surface area contributed by atoms with E-state index in [1.807, 2.05) is 24.3 Å². The molecule has 0 spiro atoms. The van der Waals surface area contributed by atoms with Gasteiger partial charge in [-0.15, -0.1) is 0 Å². The summed E-state index contributed by atoms with van der Waals surface area (Å²) >= 11 is 3.39. The molecule has 0 fully saturated rings. The zero-order valence-electron chi connectivity index (χ0n) is 9.20. The summed E-state index contributed by atoms with van der Waals surface area (Å²) < 4.78 is 6.04. The van der Waals surface area contributed by atoms with E-state index in [0.29, 0.717) is 5.69 Å². The summed E-state index contributed by atoms with van der Waals surface area (Å²) in [5, 5.41) is 19.2. The molecule has 1 aromatic heterocycles. The Bertz CT molecular complexity index is 586.